The summed E-state index contributed by atoms with van der Waals surface area (Å²) in [6.07, 6.45) is 4.97. The average molecular weight is 346 g/mol. The van der Waals surface area contributed by atoms with Crippen LogP contribution in [0.2, 0.25) is 0 Å². The molecule has 2 aromatic rings. The van der Waals surface area contributed by atoms with Gasteiger partial charge in [0, 0.05) is 30.4 Å². The molecule has 2 aromatic heterocycles. The van der Waals surface area contributed by atoms with Gasteiger partial charge in [-0.1, -0.05) is 0 Å². The number of carbonyl (C=O) groups is 1. The van der Waals surface area contributed by atoms with Crippen LogP contribution in [0.3, 0.4) is 0 Å². The Hall–Kier alpha value is -1.99. The Kier molecular flexibility index (Phi) is 5.42. The summed E-state index contributed by atoms with van der Waals surface area (Å²) >= 11 is 1.78. The first kappa shape index (κ1) is 16.9. The fourth-order valence-electron chi connectivity index (χ4n) is 2.88. The van der Waals surface area contributed by atoms with Crippen molar-refractivity contribution in [3.05, 3.63) is 39.6 Å². The highest BCUT2D eigenvalue weighted by molar-refractivity contribution is 7.11. The molecule has 0 bridgehead atoms. The Morgan fingerprint density at radius 1 is 1.50 bits per heavy atom. The molecule has 1 aliphatic carbocycles. The number of hydrogen-bond donors (Lipinski definition) is 2. The Balaban J connectivity index is 1.70. The van der Waals surface area contributed by atoms with E-state index in [4.69, 9.17) is 4.74 Å². The molecule has 1 amide bonds. The number of ether oxygens (including phenoxy) is 1. The lowest BCUT2D eigenvalue weighted by molar-refractivity contribution is 0.0932. The number of nitrogens with one attached hydrogen (secondary N) is 2. The van der Waals surface area contributed by atoms with Crippen molar-refractivity contribution in [3.8, 4) is 0 Å². The molecule has 1 aliphatic rings. The summed E-state index contributed by atoms with van der Waals surface area (Å²) in [6, 6.07) is 3.88. The van der Waals surface area contributed by atoms with Gasteiger partial charge in [-0.2, -0.15) is 0 Å². The van der Waals surface area contributed by atoms with Crippen LogP contribution in [0.1, 0.15) is 45.0 Å². The number of fused-ring (bicyclic) bond motifs is 1. The Morgan fingerprint density at radius 3 is 3.21 bits per heavy atom. The number of rotatable bonds is 6. The molecule has 1 atom stereocenters. The Bertz CT molecular complexity index is 716. The fourth-order valence-corrected chi connectivity index (χ4v) is 3.92. The third-order valence-corrected chi connectivity index (χ3v) is 5.03. The number of amides is 1. The van der Waals surface area contributed by atoms with E-state index in [0.717, 1.165) is 35.7 Å². The minimum Gasteiger partial charge on any atom is -0.383 e. The van der Waals surface area contributed by atoms with Crippen LogP contribution >= 0.6 is 11.3 Å². The third-order valence-electron chi connectivity index (χ3n) is 3.99. The third kappa shape index (κ3) is 3.91. The number of methoxy groups -OCH3 is 1. The van der Waals surface area contributed by atoms with Crippen molar-refractivity contribution in [2.24, 2.45) is 0 Å². The van der Waals surface area contributed by atoms with Gasteiger partial charge in [0.1, 0.15) is 5.69 Å². The zero-order valence-electron chi connectivity index (χ0n) is 14.0. The second-order valence-corrected chi connectivity index (χ2v) is 7.10. The highest BCUT2D eigenvalue weighted by Gasteiger charge is 2.24. The summed E-state index contributed by atoms with van der Waals surface area (Å²) in [6.45, 7) is 3.01. The van der Waals surface area contributed by atoms with E-state index in [2.05, 4.69) is 27.5 Å². The smallest absolute Gasteiger partial charge is 0.270 e. The number of pyridine rings is 1. The van der Waals surface area contributed by atoms with Crippen molar-refractivity contribution >= 4 is 22.9 Å². The molecule has 7 heteroatoms. The van der Waals surface area contributed by atoms with Crippen molar-refractivity contribution in [1.82, 2.24) is 15.3 Å². The number of carbonyl (C=O) groups excluding carboxylic acids is 1. The van der Waals surface area contributed by atoms with Crippen molar-refractivity contribution < 1.29 is 9.53 Å². The number of nitrogens with zero attached hydrogens (tertiary/aromatic N) is 2. The molecule has 2 N–H and O–H groups in total. The minimum absolute atomic E-state index is 0.190. The van der Waals surface area contributed by atoms with Crippen LogP contribution in [0.4, 0.5) is 5.69 Å². The molecular weight excluding hydrogens is 324 g/mol. The largest absolute Gasteiger partial charge is 0.383 e. The fraction of sp³-hybridized carbons (Fsp3) is 0.471. The maximum absolute atomic E-state index is 12.1. The SMILES string of the molecule is COCCNC(=O)c1cc(NC2CCCc3sc(C)nc32)ccn1. The molecule has 0 spiro atoms. The summed E-state index contributed by atoms with van der Waals surface area (Å²) in [5.41, 5.74) is 2.46. The predicted octanol–water partition coefficient (Wildman–Crippen LogP) is 2.71. The van der Waals surface area contributed by atoms with Crippen LogP contribution in [0.25, 0.3) is 0 Å². The molecular formula is C17H22N4O2S. The highest BCUT2D eigenvalue weighted by Crippen LogP contribution is 2.35. The van der Waals surface area contributed by atoms with Gasteiger partial charge in [0.2, 0.25) is 0 Å². The lowest BCUT2D eigenvalue weighted by atomic mass is 9.97. The predicted molar refractivity (Wildman–Crippen MR) is 94.6 cm³/mol. The van der Waals surface area contributed by atoms with Crippen LogP contribution in [-0.4, -0.2) is 36.1 Å². The maximum Gasteiger partial charge on any atom is 0.270 e. The number of hydrogen-bond acceptors (Lipinski definition) is 6. The average Bonchev–Trinajstić information content (AvgIpc) is 2.97. The van der Waals surface area contributed by atoms with Crippen molar-refractivity contribution in [3.63, 3.8) is 0 Å². The van der Waals surface area contributed by atoms with Crippen molar-refractivity contribution in [2.45, 2.75) is 32.2 Å². The molecule has 24 heavy (non-hydrogen) atoms. The van der Waals surface area contributed by atoms with Gasteiger partial charge in [-0.25, -0.2) is 4.98 Å². The van der Waals surface area contributed by atoms with Gasteiger partial charge < -0.3 is 15.4 Å². The molecule has 6 nitrogen and oxygen atoms in total. The molecule has 3 rings (SSSR count). The van der Waals surface area contributed by atoms with Gasteiger partial charge in [0.05, 0.1) is 23.4 Å². The maximum atomic E-state index is 12.1. The van der Waals surface area contributed by atoms with Crippen molar-refractivity contribution in [1.29, 1.82) is 0 Å². The van der Waals surface area contributed by atoms with Crippen LogP contribution in [0, 0.1) is 6.92 Å². The van der Waals surface area contributed by atoms with Crippen molar-refractivity contribution in [2.75, 3.05) is 25.6 Å². The van der Waals surface area contributed by atoms with Crippen LogP contribution in [0.5, 0.6) is 0 Å². The normalized spacial score (nSPS) is 16.5. The van der Waals surface area contributed by atoms with E-state index in [0.29, 0.717) is 18.8 Å². The van der Waals surface area contributed by atoms with E-state index in [9.17, 15) is 4.79 Å². The first-order valence-corrected chi connectivity index (χ1v) is 8.95. The first-order valence-electron chi connectivity index (χ1n) is 8.13. The lowest BCUT2D eigenvalue weighted by Gasteiger charge is -2.23. The number of aromatic nitrogens is 2. The van der Waals surface area contributed by atoms with Gasteiger partial charge in [0.25, 0.3) is 5.91 Å². The summed E-state index contributed by atoms with van der Waals surface area (Å²) in [5.74, 6) is -0.190. The summed E-state index contributed by atoms with van der Waals surface area (Å²) in [7, 11) is 1.60. The molecule has 2 heterocycles. The first-order chi connectivity index (χ1) is 11.7. The second kappa shape index (κ2) is 7.72. The van der Waals surface area contributed by atoms with E-state index < -0.39 is 0 Å². The summed E-state index contributed by atoms with van der Waals surface area (Å²) in [4.78, 5) is 22.3. The molecule has 0 aliphatic heterocycles. The van der Waals surface area contributed by atoms with Crippen LogP contribution in [0.15, 0.2) is 18.3 Å². The van der Waals surface area contributed by atoms with Gasteiger partial charge in [-0.15, -0.1) is 11.3 Å². The number of thiazole rings is 1. The number of aryl methyl sites for hydroxylation is 2. The lowest BCUT2D eigenvalue weighted by Crippen LogP contribution is -2.27. The monoisotopic (exact) mass is 346 g/mol. The molecule has 0 saturated heterocycles. The van der Waals surface area contributed by atoms with E-state index in [1.807, 2.05) is 6.07 Å². The minimum atomic E-state index is -0.190. The van der Waals surface area contributed by atoms with Gasteiger partial charge >= 0.3 is 0 Å². The molecule has 1 unspecified atom stereocenters. The molecule has 0 radical (unpaired) electrons. The Morgan fingerprint density at radius 2 is 2.38 bits per heavy atom. The van der Waals surface area contributed by atoms with E-state index in [1.165, 1.54) is 4.88 Å². The standard InChI is InChI=1S/C17H22N4O2S/c1-11-20-16-13(4-3-5-15(16)24-11)21-12-6-7-18-14(10-12)17(22)19-8-9-23-2/h6-7,10,13H,3-5,8-9H2,1-2H3,(H,18,21)(H,19,22). The zero-order valence-corrected chi connectivity index (χ0v) is 14.8. The molecule has 0 fully saturated rings. The quantitative estimate of drug-likeness (QED) is 0.787. The molecule has 0 aromatic carbocycles. The summed E-state index contributed by atoms with van der Waals surface area (Å²) < 4.78 is 4.93. The van der Waals surface area contributed by atoms with Crippen LogP contribution in [-0.2, 0) is 11.2 Å². The topological polar surface area (TPSA) is 76.1 Å². The second-order valence-electron chi connectivity index (χ2n) is 5.81. The van der Waals surface area contributed by atoms with E-state index >= 15 is 0 Å². The van der Waals surface area contributed by atoms with Gasteiger partial charge in [-0.05, 0) is 38.3 Å². The zero-order chi connectivity index (χ0) is 16.9. The van der Waals surface area contributed by atoms with E-state index in [-0.39, 0.29) is 11.9 Å². The molecule has 0 saturated carbocycles. The summed E-state index contributed by atoms with van der Waals surface area (Å²) in [5, 5.41) is 7.41. The Labute approximate surface area is 145 Å². The van der Waals surface area contributed by atoms with Gasteiger partial charge in [0.15, 0.2) is 0 Å². The van der Waals surface area contributed by atoms with E-state index in [1.54, 1.807) is 30.7 Å². The molecule has 128 valence electrons. The van der Waals surface area contributed by atoms with Gasteiger partial charge in [-0.3, -0.25) is 9.78 Å². The van der Waals surface area contributed by atoms with Crippen LogP contribution < -0.4 is 10.6 Å². The number of anilines is 1. The highest BCUT2D eigenvalue weighted by atomic mass is 32.1.